The van der Waals surface area contributed by atoms with Crippen LogP contribution in [0.2, 0.25) is 0 Å². The zero-order valence-corrected chi connectivity index (χ0v) is 15.0. The van der Waals surface area contributed by atoms with Gasteiger partial charge in [-0.15, -0.1) is 0 Å². The minimum Gasteiger partial charge on any atom is -0.370 e. The Morgan fingerprint density at radius 2 is 1.76 bits per heavy atom. The highest BCUT2D eigenvalue weighted by molar-refractivity contribution is 8.05. The van der Waals surface area contributed by atoms with Crippen LogP contribution < -0.4 is 11.5 Å². The normalized spacial score (nSPS) is 12.4. The monoisotopic (exact) mass is 379 g/mol. The first-order valence-corrected chi connectivity index (χ1v) is 10.1. The van der Waals surface area contributed by atoms with E-state index in [0.29, 0.717) is 10.5 Å². The second kappa shape index (κ2) is 7.58. The van der Waals surface area contributed by atoms with Gasteiger partial charge in [0.25, 0.3) is 5.91 Å². The molecule has 0 heterocycles. The first-order valence-electron chi connectivity index (χ1n) is 7.11. The second-order valence-corrected chi connectivity index (χ2v) is 9.02. The van der Waals surface area contributed by atoms with Crippen molar-refractivity contribution in [3.05, 3.63) is 59.7 Å². The summed E-state index contributed by atoms with van der Waals surface area (Å²) in [5.74, 6) is -1.03. The lowest BCUT2D eigenvalue weighted by Gasteiger charge is -2.08. The van der Waals surface area contributed by atoms with Gasteiger partial charge in [0.15, 0.2) is 15.8 Å². The van der Waals surface area contributed by atoms with E-state index in [0.717, 1.165) is 0 Å². The number of aryl methyl sites for hydroxylation is 1. The summed E-state index contributed by atoms with van der Waals surface area (Å²) in [6.45, 7) is 1.57. The van der Waals surface area contributed by atoms with E-state index in [1.807, 2.05) is 0 Å². The van der Waals surface area contributed by atoms with E-state index >= 15 is 0 Å². The zero-order valence-electron chi connectivity index (χ0n) is 13.4. The molecule has 0 fully saturated rings. The fraction of sp³-hybridized carbons (Fsp3) is 0.125. The number of nitrogens with zero attached hydrogens (tertiary/aromatic N) is 1. The molecule has 2 aromatic rings. The van der Waals surface area contributed by atoms with Crippen molar-refractivity contribution in [2.45, 2.75) is 16.7 Å². The average molecular weight is 379 g/mol. The zero-order chi connectivity index (χ0) is 18.6. The van der Waals surface area contributed by atoms with Crippen molar-refractivity contribution in [3.63, 3.8) is 0 Å². The number of hydrogen-bond donors (Lipinski definition) is 2. The Hall–Kier alpha value is -2.52. The SMILES string of the molecule is Cc1cc(S(=O)(=O)CS(=O)c2ccccc2)ccc1C(=O)N=C(N)N. The lowest BCUT2D eigenvalue weighted by molar-refractivity contribution is 0.100. The van der Waals surface area contributed by atoms with Crippen molar-refractivity contribution in [2.75, 3.05) is 5.08 Å². The molecular weight excluding hydrogens is 362 g/mol. The van der Waals surface area contributed by atoms with E-state index in [1.54, 1.807) is 37.3 Å². The molecule has 2 aromatic carbocycles. The van der Waals surface area contributed by atoms with Crippen LogP contribution in [0.25, 0.3) is 0 Å². The third-order valence-electron chi connectivity index (χ3n) is 3.29. The maximum atomic E-state index is 12.5. The number of carbonyl (C=O) groups is 1. The maximum absolute atomic E-state index is 12.5. The number of rotatable bonds is 5. The van der Waals surface area contributed by atoms with Crippen molar-refractivity contribution in [1.29, 1.82) is 0 Å². The molecular formula is C16H17N3O4S2. The minimum atomic E-state index is -3.79. The van der Waals surface area contributed by atoms with E-state index in [9.17, 15) is 17.4 Å². The summed E-state index contributed by atoms with van der Waals surface area (Å²) in [6.07, 6.45) is 0. The second-order valence-electron chi connectivity index (χ2n) is 5.21. The van der Waals surface area contributed by atoms with Crippen LogP contribution in [0.5, 0.6) is 0 Å². The first kappa shape index (κ1) is 18.8. The lowest BCUT2D eigenvalue weighted by atomic mass is 10.1. The number of sulfone groups is 1. The van der Waals surface area contributed by atoms with E-state index in [4.69, 9.17) is 11.5 Å². The number of guanidine groups is 1. The topological polar surface area (TPSA) is 133 Å². The van der Waals surface area contributed by atoms with Gasteiger partial charge in [-0.25, -0.2) is 8.42 Å². The maximum Gasteiger partial charge on any atom is 0.280 e. The van der Waals surface area contributed by atoms with Crippen molar-refractivity contribution in [2.24, 2.45) is 16.5 Å². The lowest BCUT2D eigenvalue weighted by Crippen LogP contribution is -2.24. The third kappa shape index (κ3) is 4.74. The number of benzene rings is 2. The highest BCUT2D eigenvalue weighted by atomic mass is 32.3. The van der Waals surface area contributed by atoms with Gasteiger partial charge >= 0.3 is 0 Å². The molecule has 0 radical (unpaired) electrons. The Labute approximate surface area is 148 Å². The molecule has 1 unspecified atom stereocenters. The van der Waals surface area contributed by atoms with E-state index < -0.39 is 31.6 Å². The number of aliphatic imine (C=N–C) groups is 1. The fourth-order valence-corrected chi connectivity index (χ4v) is 5.40. The molecule has 0 saturated heterocycles. The molecule has 0 aromatic heterocycles. The molecule has 0 aliphatic carbocycles. The largest absolute Gasteiger partial charge is 0.370 e. The summed E-state index contributed by atoms with van der Waals surface area (Å²) in [5.41, 5.74) is 10.9. The third-order valence-corrected chi connectivity index (χ3v) is 7.15. The molecule has 9 heteroatoms. The number of amides is 1. The van der Waals surface area contributed by atoms with Crippen LogP contribution in [-0.4, -0.2) is 29.6 Å². The summed E-state index contributed by atoms with van der Waals surface area (Å²) in [6, 6.07) is 12.3. The highest BCUT2D eigenvalue weighted by Crippen LogP contribution is 2.20. The van der Waals surface area contributed by atoms with Gasteiger partial charge in [-0.05, 0) is 42.8 Å². The summed E-state index contributed by atoms with van der Waals surface area (Å²) in [4.78, 5) is 15.7. The van der Waals surface area contributed by atoms with Gasteiger partial charge < -0.3 is 11.5 Å². The summed E-state index contributed by atoms with van der Waals surface area (Å²) >= 11 is 0. The van der Waals surface area contributed by atoms with E-state index in [1.165, 1.54) is 18.2 Å². The molecule has 0 spiro atoms. The predicted octanol–water partition coefficient (Wildman–Crippen LogP) is 0.948. The van der Waals surface area contributed by atoms with E-state index in [-0.39, 0.29) is 16.4 Å². The average Bonchev–Trinajstić information content (AvgIpc) is 2.54. The number of carbonyl (C=O) groups excluding carboxylic acids is 1. The van der Waals surface area contributed by atoms with Crippen molar-refractivity contribution in [3.8, 4) is 0 Å². The van der Waals surface area contributed by atoms with Gasteiger partial charge in [0.1, 0.15) is 5.08 Å². The Bertz CT molecular complexity index is 951. The van der Waals surface area contributed by atoms with Gasteiger partial charge in [0.05, 0.1) is 15.7 Å². The van der Waals surface area contributed by atoms with Crippen molar-refractivity contribution in [1.82, 2.24) is 0 Å². The van der Waals surface area contributed by atoms with Gasteiger partial charge in [0, 0.05) is 10.5 Å². The highest BCUT2D eigenvalue weighted by Gasteiger charge is 2.21. The predicted molar refractivity (Wildman–Crippen MR) is 96.2 cm³/mol. The molecule has 7 nitrogen and oxygen atoms in total. The van der Waals surface area contributed by atoms with Gasteiger partial charge in [-0.1, -0.05) is 18.2 Å². The number of hydrogen-bond acceptors (Lipinski definition) is 4. The van der Waals surface area contributed by atoms with Crippen LogP contribution in [0.4, 0.5) is 0 Å². The summed E-state index contributed by atoms with van der Waals surface area (Å²) < 4.78 is 37.2. The van der Waals surface area contributed by atoms with Crippen LogP contribution in [0.1, 0.15) is 15.9 Å². The number of nitrogens with two attached hydrogens (primary N) is 2. The molecule has 0 bridgehead atoms. The Morgan fingerprint density at radius 1 is 1.12 bits per heavy atom. The van der Waals surface area contributed by atoms with Gasteiger partial charge in [0.2, 0.25) is 0 Å². The quantitative estimate of drug-likeness (QED) is 0.587. The van der Waals surface area contributed by atoms with Crippen molar-refractivity contribution < 1.29 is 17.4 Å². The molecule has 0 saturated carbocycles. The van der Waals surface area contributed by atoms with Gasteiger partial charge in [-0.3, -0.25) is 9.00 Å². The molecule has 1 atom stereocenters. The molecule has 1 amide bonds. The molecule has 0 aliphatic rings. The van der Waals surface area contributed by atoms with Crippen molar-refractivity contribution >= 4 is 32.5 Å². The Morgan fingerprint density at radius 3 is 2.32 bits per heavy atom. The summed E-state index contributed by atoms with van der Waals surface area (Å²) in [5, 5.41) is -0.544. The molecule has 0 aliphatic heterocycles. The van der Waals surface area contributed by atoms with Crippen LogP contribution in [-0.2, 0) is 20.6 Å². The Kier molecular flexibility index (Phi) is 5.70. The minimum absolute atomic E-state index is 0.0180. The molecule has 4 N–H and O–H groups in total. The Balaban J connectivity index is 2.29. The molecule has 132 valence electrons. The molecule has 2 rings (SSSR count). The van der Waals surface area contributed by atoms with Gasteiger partial charge in [-0.2, -0.15) is 4.99 Å². The smallest absolute Gasteiger partial charge is 0.280 e. The fourth-order valence-electron chi connectivity index (χ4n) is 2.10. The first-order chi connectivity index (χ1) is 11.7. The van der Waals surface area contributed by atoms with Crippen LogP contribution >= 0.6 is 0 Å². The summed E-state index contributed by atoms with van der Waals surface area (Å²) in [7, 11) is -5.48. The van der Waals surface area contributed by atoms with Crippen LogP contribution in [0.3, 0.4) is 0 Å². The van der Waals surface area contributed by atoms with E-state index in [2.05, 4.69) is 4.99 Å². The standard InChI is InChI=1S/C16H17N3O4S2/c1-11-9-13(7-8-14(11)15(20)19-16(17)18)25(22,23)10-24(21)12-5-3-2-4-6-12/h2-9H,10H2,1H3,(H4,17,18,19,20). The van der Waals surface area contributed by atoms with Crippen LogP contribution in [0.15, 0.2) is 63.3 Å². The van der Waals surface area contributed by atoms with Crippen LogP contribution in [0, 0.1) is 6.92 Å². The molecule has 25 heavy (non-hydrogen) atoms.